The van der Waals surface area contributed by atoms with Crippen LogP contribution in [0.5, 0.6) is 0 Å². The monoisotopic (exact) mass is 572 g/mol. The Morgan fingerprint density at radius 3 is 1.87 bits per heavy atom. The fourth-order valence-electron chi connectivity index (χ4n) is 4.36. The number of carboxylic acid groups (broad SMARTS) is 2. The molecular weight excluding hydrogens is 542 g/mol. The van der Waals surface area contributed by atoms with Gasteiger partial charge in [0.1, 0.15) is 5.69 Å². The molecule has 0 radical (unpaired) electrons. The number of aliphatic carboxylic acids is 2. The largest absolute Gasteiger partial charge is 0.490 e. The van der Waals surface area contributed by atoms with E-state index in [0.29, 0.717) is 11.7 Å². The third-order valence-electron chi connectivity index (χ3n) is 6.57. The molecule has 3 aliphatic heterocycles. The molecule has 3 aliphatic rings. The number of carbonyl (C=O) groups is 3. The number of pyridine rings is 1. The zero-order valence-corrected chi connectivity index (χ0v) is 21.0. The summed E-state index contributed by atoms with van der Waals surface area (Å²) >= 11 is 0. The van der Waals surface area contributed by atoms with Crippen LogP contribution in [-0.4, -0.2) is 125 Å². The number of piperazine rings is 1. The zero-order chi connectivity index (χ0) is 29.4. The molecule has 16 heteroatoms. The summed E-state index contributed by atoms with van der Waals surface area (Å²) in [5.74, 6) is -5.47. The minimum atomic E-state index is -5.08. The fraction of sp³-hybridized carbons (Fsp3) is 0.652. The maximum atomic E-state index is 12.6. The van der Waals surface area contributed by atoms with Gasteiger partial charge in [0.15, 0.2) is 0 Å². The summed E-state index contributed by atoms with van der Waals surface area (Å²) in [6.45, 7) is 6.97. The van der Waals surface area contributed by atoms with Crippen molar-refractivity contribution in [3.05, 3.63) is 30.1 Å². The van der Waals surface area contributed by atoms with Gasteiger partial charge < -0.3 is 24.7 Å². The molecule has 220 valence electrons. The van der Waals surface area contributed by atoms with Crippen molar-refractivity contribution in [3.8, 4) is 0 Å². The normalized spacial score (nSPS) is 21.8. The van der Waals surface area contributed by atoms with E-state index in [0.717, 1.165) is 65.1 Å². The zero-order valence-electron chi connectivity index (χ0n) is 21.0. The van der Waals surface area contributed by atoms with Crippen molar-refractivity contribution in [1.82, 2.24) is 19.7 Å². The Hall–Kier alpha value is -2.98. The van der Waals surface area contributed by atoms with Gasteiger partial charge in [0.2, 0.25) is 0 Å². The Bertz CT molecular complexity index is 938. The number of halogens is 6. The van der Waals surface area contributed by atoms with Crippen LogP contribution in [0, 0.1) is 0 Å². The number of ether oxygens (including phenoxy) is 1. The third kappa shape index (κ3) is 9.93. The first-order chi connectivity index (χ1) is 18.0. The van der Waals surface area contributed by atoms with E-state index in [4.69, 9.17) is 24.5 Å². The number of nitrogens with zero attached hydrogens (tertiary/aromatic N) is 4. The molecule has 10 nitrogen and oxygen atoms in total. The van der Waals surface area contributed by atoms with Gasteiger partial charge in [-0.3, -0.25) is 14.7 Å². The van der Waals surface area contributed by atoms with Crippen LogP contribution < -0.4 is 0 Å². The van der Waals surface area contributed by atoms with Crippen LogP contribution in [-0.2, 0) is 14.3 Å². The molecule has 3 fully saturated rings. The Kier molecular flexibility index (Phi) is 11.1. The predicted octanol–water partition coefficient (Wildman–Crippen LogP) is 2.36. The summed E-state index contributed by atoms with van der Waals surface area (Å²) in [7, 11) is 2.19. The fourth-order valence-corrected chi connectivity index (χ4v) is 4.36. The number of rotatable bonds is 2. The average Bonchev–Trinajstić information content (AvgIpc) is 3.28. The second-order valence-corrected chi connectivity index (χ2v) is 9.30. The first-order valence-corrected chi connectivity index (χ1v) is 11.9. The molecule has 1 spiro atoms. The van der Waals surface area contributed by atoms with Crippen molar-refractivity contribution in [3.63, 3.8) is 0 Å². The van der Waals surface area contributed by atoms with Crippen LogP contribution in [0.1, 0.15) is 29.8 Å². The van der Waals surface area contributed by atoms with E-state index in [1.54, 1.807) is 12.3 Å². The van der Waals surface area contributed by atoms with E-state index in [1.807, 2.05) is 17.0 Å². The van der Waals surface area contributed by atoms with Gasteiger partial charge in [0, 0.05) is 51.5 Å². The minimum Gasteiger partial charge on any atom is -0.475 e. The predicted molar refractivity (Wildman–Crippen MR) is 123 cm³/mol. The second kappa shape index (κ2) is 13.4. The van der Waals surface area contributed by atoms with Crippen molar-refractivity contribution < 1.29 is 55.7 Å². The number of likely N-dealkylation sites (tertiary alicyclic amines) is 1. The van der Waals surface area contributed by atoms with Crippen LogP contribution in [0.15, 0.2) is 24.4 Å². The molecule has 3 saturated heterocycles. The van der Waals surface area contributed by atoms with Crippen molar-refractivity contribution in [1.29, 1.82) is 0 Å². The van der Waals surface area contributed by atoms with Gasteiger partial charge in [0.25, 0.3) is 5.91 Å². The number of carboxylic acids is 2. The number of piperidine rings is 1. The Labute approximate surface area is 220 Å². The van der Waals surface area contributed by atoms with E-state index in [9.17, 15) is 31.1 Å². The minimum absolute atomic E-state index is 0.0189. The highest BCUT2D eigenvalue weighted by molar-refractivity contribution is 5.92. The first-order valence-electron chi connectivity index (χ1n) is 11.9. The highest BCUT2D eigenvalue weighted by atomic mass is 19.4. The number of carbonyl (C=O) groups excluding carboxylic acids is 1. The molecule has 4 heterocycles. The quantitative estimate of drug-likeness (QED) is 0.514. The molecule has 0 aromatic carbocycles. The van der Waals surface area contributed by atoms with Crippen molar-refractivity contribution in [2.24, 2.45) is 0 Å². The van der Waals surface area contributed by atoms with Crippen LogP contribution in [0.2, 0.25) is 0 Å². The average molecular weight is 573 g/mol. The van der Waals surface area contributed by atoms with Crippen LogP contribution in [0.25, 0.3) is 0 Å². The van der Waals surface area contributed by atoms with Crippen molar-refractivity contribution in [2.75, 3.05) is 52.9 Å². The number of alkyl halides is 6. The Morgan fingerprint density at radius 1 is 0.923 bits per heavy atom. The number of hydrogen-bond donors (Lipinski definition) is 2. The molecule has 1 aromatic rings. The molecule has 0 bridgehead atoms. The van der Waals surface area contributed by atoms with Crippen molar-refractivity contribution >= 4 is 17.8 Å². The molecule has 4 rings (SSSR count). The Morgan fingerprint density at radius 2 is 1.44 bits per heavy atom. The highest BCUT2D eigenvalue weighted by Crippen LogP contribution is 2.38. The highest BCUT2D eigenvalue weighted by Gasteiger charge is 2.45. The van der Waals surface area contributed by atoms with Gasteiger partial charge in [0.05, 0.1) is 12.2 Å². The standard InChI is InChI=1S/C19H28N4O2.2C2HF3O2/c1-21-10-12-22(13-11-21)16-14-19(25-15-16)5-8-23(9-6-19)18(24)17-4-2-3-7-20-17;2*3-2(4,5)1(6)7/h2-4,7,16H,5-6,8-15H2,1H3;2*(H,6,7). The Balaban J connectivity index is 0.000000317. The topological polar surface area (TPSA) is 124 Å². The lowest BCUT2D eigenvalue weighted by molar-refractivity contribution is -0.193. The lowest BCUT2D eigenvalue weighted by Crippen LogP contribution is -2.50. The molecule has 0 saturated carbocycles. The maximum absolute atomic E-state index is 12.6. The van der Waals surface area contributed by atoms with E-state index in [2.05, 4.69) is 21.8 Å². The first kappa shape index (κ1) is 32.2. The van der Waals surface area contributed by atoms with E-state index < -0.39 is 24.3 Å². The van der Waals surface area contributed by atoms with Crippen LogP contribution in [0.3, 0.4) is 0 Å². The summed E-state index contributed by atoms with van der Waals surface area (Å²) in [4.78, 5) is 41.5. The van der Waals surface area contributed by atoms with Crippen LogP contribution in [0.4, 0.5) is 26.3 Å². The summed E-state index contributed by atoms with van der Waals surface area (Å²) < 4.78 is 69.8. The van der Waals surface area contributed by atoms with E-state index in [1.165, 1.54) is 0 Å². The summed E-state index contributed by atoms with van der Waals surface area (Å²) in [5, 5.41) is 14.2. The second-order valence-electron chi connectivity index (χ2n) is 9.30. The summed E-state index contributed by atoms with van der Waals surface area (Å²) in [6, 6.07) is 6.05. The molecule has 0 aliphatic carbocycles. The molecule has 1 aromatic heterocycles. The van der Waals surface area contributed by atoms with Crippen molar-refractivity contribution in [2.45, 2.75) is 43.3 Å². The summed E-state index contributed by atoms with van der Waals surface area (Å²) in [5.41, 5.74) is 0.524. The van der Waals surface area contributed by atoms with E-state index in [-0.39, 0.29) is 11.5 Å². The van der Waals surface area contributed by atoms with Crippen LogP contribution >= 0.6 is 0 Å². The lowest BCUT2D eigenvalue weighted by Gasteiger charge is -2.39. The van der Waals surface area contributed by atoms with Gasteiger partial charge in [-0.25, -0.2) is 9.59 Å². The molecule has 39 heavy (non-hydrogen) atoms. The molecule has 1 amide bonds. The van der Waals surface area contributed by atoms with Gasteiger partial charge in [-0.05, 0) is 38.4 Å². The number of likely N-dealkylation sites (N-methyl/N-ethyl adjacent to an activating group) is 1. The smallest absolute Gasteiger partial charge is 0.475 e. The third-order valence-corrected chi connectivity index (χ3v) is 6.57. The number of aromatic nitrogens is 1. The number of amides is 1. The lowest BCUT2D eigenvalue weighted by atomic mass is 9.87. The molecule has 2 N–H and O–H groups in total. The SMILES string of the molecule is CN1CCN(C2COC3(CCN(C(=O)c4ccccn4)CC3)C2)CC1.O=C(O)C(F)(F)F.O=C(O)C(F)(F)F. The van der Waals surface area contributed by atoms with Gasteiger partial charge >= 0.3 is 24.3 Å². The molecular formula is C23H30F6N4O6. The van der Waals surface area contributed by atoms with Gasteiger partial charge in [-0.15, -0.1) is 0 Å². The van der Waals surface area contributed by atoms with Gasteiger partial charge in [-0.1, -0.05) is 6.07 Å². The van der Waals surface area contributed by atoms with E-state index >= 15 is 0 Å². The van der Waals surface area contributed by atoms with Gasteiger partial charge in [-0.2, -0.15) is 26.3 Å². The summed E-state index contributed by atoms with van der Waals surface area (Å²) in [6.07, 6.45) is -5.49. The number of hydrogen-bond acceptors (Lipinski definition) is 7. The molecule has 1 atom stereocenters. The maximum Gasteiger partial charge on any atom is 0.490 e. The molecule has 1 unspecified atom stereocenters.